The Bertz CT molecular complexity index is 773. The Morgan fingerprint density at radius 2 is 1.84 bits per heavy atom. The van der Waals surface area contributed by atoms with Crippen molar-refractivity contribution in [2.75, 3.05) is 32.7 Å². The lowest BCUT2D eigenvalue weighted by atomic mass is 10.0. The average Bonchev–Trinajstić information content (AvgIpc) is 2.66. The number of nitrogens with zero attached hydrogens (tertiary/aromatic N) is 1. The van der Waals surface area contributed by atoms with Crippen molar-refractivity contribution >= 4 is 17.6 Å². The minimum Gasteiger partial charge on any atom is -0.465 e. The summed E-state index contributed by atoms with van der Waals surface area (Å²) in [7, 11) is 2.96. The van der Waals surface area contributed by atoms with Gasteiger partial charge in [0, 0.05) is 19.3 Å². The van der Waals surface area contributed by atoms with Crippen LogP contribution in [0.5, 0.6) is 0 Å². The Hall–Kier alpha value is -2.86. The molecule has 1 aliphatic rings. The van der Waals surface area contributed by atoms with E-state index in [0.29, 0.717) is 24.3 Å². The fourth-order valence-corrected chi connectivity index (χ4v) is 2.90. The summed E-state index contributed by atoms with van der Waals surface area (Å²) in [6.45, 7) is 0.895. The van der Waals surface area contributed by atoms with Crippen molar-refractivity contribution in [3.8, 4) is 0 Å². The number of ether oxygens (including phenoxy) is 2. The zero-order valence-electron chi connectivity index (χ0n) is 14.2. The van der Waals surface area contributed by atoms with Gasteiger partial charge in [0.1, 0.15) is 6.17 Å². The van der Waals surface area contributed by atoms with Gasteiger partial charge < -0.3 is 19.7 Å². The van der Waals surface area contributed by atoms with E-state index in [1.807, 2.05) is 30.3 Å². The molecular formula is C19H20N2O4. The second kappa shape index (κ2) is 7.36. The van der Waals surface area contributed by atoms with Gasteiger partial charge >= 0.3 is 5.97 Å². The van der Waals surface area contributed by atoms with Crippen LogP contribution in [0.3, 0.4) is 0 Å². The molecule has 3 rings (SSSR count). The molecule has 6 nitrogen and oxygen atoms in total. The number of amides is 1. The number of methoxy groups -OCH3 is 2. The number of hydrogen-bond donors (Lipinski definition) is 1. The van der Waals surface area contributed by atoms with Gasteiger partial charge in [-0.2, -0.15) is 0 Å². The van der Waals surface area contributed by atoms with E-state index in [1.165, 1.54) is 7.11 Å². The number of hydrogen-bond acceptors (Lipinski definition) is 5. The van der Waals surface area contributed by atoms with Gasteiger partial charge in [-0.15, -0.1) is 0 Å². The summed E-state index contributed by atoms with van der Waals surface area (Å²) < 4.78 is 9.87. The molecule has 1 aliphatic heterocycles. The molecule has 0 spiro atoms. The SMILES string of the molecule is COCCN1C(=O)c2ccccc2NC1c1ccc(C(=O)OC)cc1. The van der Waals surface area contributed by atoms with Gasteiger partial charge in [0.25, 0.3) is 5.91 Å². The largest absolute Gasteiger partial charge is 0.465 e. The second-order valence-electron chi connectivity index (χ2n) is 5.70. The molecule has 0 saturated carbocycles. The normalized spacial score (nSPS) is 16.2. The third-order valence-electron chi connectivity index (χ3n) is 4.21. The summed E-state index contributed by atoms with van der Waals surface area (Å²) in [4.78, 5) is 26.2. The third-order valence-corrected chi connectivity index (χ3v) is 4.21. The molecule has 1 atom stereocenters. The molecule has 2 aromatic rings. The fourth-order valence-electron chi connectivity index (χ4n) is 2.90. The summed E-state index contributed by atoms with van der Waals surface area (Å²) in [6.07, 6.45) is -0.329. The second-order valence-corrected chi connectivity index (χ2v) is 5.70. The van der Waals surface area contributed by atoms with Gasteiger partial charge in [0.05, 0.1) is 24.8 Å². The predicted octanol–water partition coefficient (Wildman–Crippen LogP) is 2.69. The van der Waals surface area contributed by atoms with E-state index in [2.05, 4.69) is 5.32 Å². The van der Waals surface area contributed by atoms with Crippen LogP contribution in [0.4, 0.5) is 5.69 Å². The van der Waals surface area contributed by atoms with Crippen LogP contribution in [0, 0.1) is 0 Å². The summed E-state index contributed by atoms with van der Waals surface area (Å²) in [6, 6.07) is 14.5. The van der Waals surface area contributed by atoms with Crippen LogP contribution < -0.4 is 5.32 Å². The van der Waals surface area contributed by atoms with E-state index >= 15 is 0 Å². The molecule has 0 radical (unpaired) electrons. The lowest BCUT2D eigenvalue weighted by Gasteiger charge is -2.38. The highest BCUT2D eigenvalue weighted by molar-refractivity contribution is 6.01. The number of nitrogens with one attached hydrogen (secondary N) is 1. The maximum Gasteiger partial charge on any atom is 0.337 e. The number of rotatable bonds is 5. The molecule has 1 amide bonds. The summed E-state index contributed by atoms with van der Waals surface area (Å²) >= 11 is 0. The van der Waals surface area contributed by atoms with Gasteiger partial charge in [-0.05, 0) is 29.8 Å². The molecule has 1 heterocycles. The lowest BCUT2D eigenvalue weighted by molar-refractivity contribution is 0.0593. The molecule has 25 heavy (non-hydrogen) atoms. The van der Waals surface area contributed by atoms with Crippen LogP contribution in [0.15, 0.2) is 48.5 Å². The van der Waals surface area contributed by atoms with Crippen LogP contribution in [0.2, 0.25) is 0 Å². The van der Waals surface area contributed by atoms with Crippen molar-refractivity contribution in [3.05, 3.63) is 65.2 Å². The summed E-state index contributed by atoms with van der Waals surface area (Å²) in [5.74, 6) is -0.436. The number of anilines is 1. The molecule has 130 valence electrons. The van der Waals surface area contributed by atoms with Crippen molar-refractivity contribution in [2.24, 2.45) is 0 Å². The molecule has 2 aromatic carbocycles. The zero-order valence-corrected chi connectivity index (χ0v) is 14.2. The standard InChI is InChI=1S/C19H20N2O4/c1-24-12-11-21-17(13-7-9-14(10-8-13)19(23)25-2)20-16-6-4-3-5-15(16)18(21)22/h3-10,17,20H,11-12H2,1-2H3. The van der Waals surface area contributed by atoms with Crippen LogP contribution in [0.1, 0.15) is 32.4 Å². The fraction of sp³-hybridized carbons (Fsp3) is 0.263. The van der Waals surface area contributed by atoms with Crippen LogP contribution >= 0.6 is 0 Å². The van der Waals surface area contributed by atoms with Crippen molar-refractivity contribution in [1.82, 2.24) is 4.90 Å². The summed E-state index contributed by atoms with van der Waals surface area (Å²) in [5.41, 5.74) is 2.79. The van der Waals surface area contributed by atoms with Crippen LogP contribution in [-0.2, 0) is 9.47 Å². The number of para-hydroxylation sites is 1. The molecule has 6 heteroatoms. The van der Waals surface area contributed by atoms with E-state index in [4.69, 9.17) is 9.47 Å². The third kappa shape index (κ3) is 3.34. The maximum absolute atomic E-state index is 12.9. The van der Waals surface area contributed by atoms with Crippen LogP contribution in [-0.4, -0.2) is 44.1 Å². The highest BCUT2D eigenvalue weighted by atomic mass is 16.5. The molecule has 0 fully saturated rings. The van der Waals surface area contributed by atoms with E-state index in [-0.39, 0.29) is 18.0 Å². The van der Waals surface area contributed by atoms with Crippen molar-refractivity contribution in [2.45, 2.75) is 6.17 Å². The topological polar surface area (TPSA) is 67.9 Å². The minimum absolute atomic E-state index is 0.0477. The van der Waals surface area contributed by atoms with Gasteiger partial charge in [0.15, 0.2) is 0 Å². The Balaban J connectivity index is 1.94. The zero-order chi connectivity index (χ0) is 17.8. The average molecular weight is 340 g/mol. The molecule has 1 N–H and O–H groups in total. The van der Waals surface area contributed by atoms with E-state index in [9.17, 15) is 9.59 Å². The number of benzene rings is 2. The number of carbonyl (C=O) groups excluding carboxylic acids is 2. The van der Waals surface area contributed by atoms with Crippen molar-refractivity contribution < 1.29 is 19.1 Å². The highest BCUT2D eigenvalue weighted by Gasteiger charge is 2.32. The van der Waals surface area contributed by atoms with Crippen LogP contribution in [0.25, 0.3) is 0 Å². The van der Waals surface area contributed by atoms with Gasteiger partial charge in [-0.3, -0.25) is 4.79 Å². The summed E-state index contributed by atoms with van der Waals surface area (Å²) in [5, 5.41) is 3.40. The molecule has 0 aliphatic carbocycles. The number of esters is 1. The minimum atomic E-state index is -0.388. The smallest absolute Gasteiger partial charge is 0.337 e. The first kappa shape index (κ1) is 17.0. The molecule has 0 saturated heterocycles. The Morgan fingerprint density at radius 1 is 1.12 bits per heavy atom. The van der Waals surface area contributed by atoms with Gasteiger partial charge in [-0.25, -0.2) is 4.79 Å². The highest BCUT2D eigenvalue weighted by Crippen LogP contribution is 2.32. The Kier molecular flexibility index (Phi) is 5.00. The molecule has 1 unspecified atom stereocenters. The lowest BCUT2D eigenvalue weighted by Crippen LogP contribution is -2.44. The monoisotopic (exact) mass is 340 g/mol. The van der Waals surface area contributed by atoms with Gasteiger partial charge in [0.2, 0.25) is 0 Å². The van der Waals surface area contributed by atoms with Gasteiger partial charge in [-0.1, -0.05) is 24.3 Å². The van der Waals surface area contributed by atoms with E-state index in [1.54, 1.807) is 30.2 Å². The molecular weight excluding hydrogens is 320 g/mol. The number of carbonyl (C=O) groups is 2. The predicted molar refractivity (Wildman–Crippen MR) is 93.5 cm³/mol. The quantitative estimate of drug-likeness (QED) is 0.848. The van der Waals surface area contributed by atoms with E-state index < -0.39 is 0 Å². The molecule has 0 aromatic heterocycles. The first-order valence-corrected chi connectivity index (χ1v) is 7.99. The number of fused-ring (bicyclic) bond motifs is 1. The molecule has 0 bridgehead atoms. The van der Waals surface area contributed by atoms with Crippen molar-refractivity contribution in [3.63, 3.8) is 0 Å². The van der Waals surface area contributed by atoms with Crippen molar-refractivity contribution in [1.29, 1.82) is 0 Å². The maximum atomic E-state index is 12.9. The first-order chi connectivity index (χ1) is 12.2. The Morgan fingerprint density at radius 3 is 2.52 bits per heavy atom. The first-order valence-electron chi connectivity index (χ1n) is 7.99. The Labute approximate surface area is 146 Å². The van der Waals surface area contributed by atoms with E-state index in [0.717, 1.165) is 11.3 Å².